The van der Waals surface area contributed by atoms with Gasteiger partial charge in [-0.15, -0.1) is 0 Å². The molecule has 0 aromatic rings. The molecule has 2 bridgehead atoms. The maximum atomic E-state index is 8.74. The standard InChI is InChI=1S/C9H16N2O/c1-11-6-7-2-3-9(11)5-8(4-7)10-12/h7,9,12H,2-6H2,1H3/b10-8-. The molecule has 3 heteroatoms. The minimum absolute atomic E-state index is 0.634. The molecule has 0 radical (unpaired) electrons. The van der Waals surface area contributed by atoms with Crippen molar-refractivity contribution < 1.29 is 5.21 Å². The largest absolute Gasteiger partial charge is 0.411 e. The summed E-state index contributed by atoms with van der Waals surface area (Å²) < 4.78 is 0. The third-order valence-electron chi connectivity index (χ3n) is 3.21. The average Bonchev–Trinajstić information content (AvgIpc) is 2.34. The van der Waals surface area contributed by atoms with E-state index < -0.39 is 0 Å². The van der Waals surface area contributed by atoms with Crippen LogP contribution in [0.2, 0.25) is 0 Å². The highest BCUT2D eigenvalue weighted by Gasteiger charge is 2.31. The molecule has 3 fully saturated rings. The van der Waals surface area contributed by atoms with Gasteiger partial charge in [-0.05, 0) is 32.2 Å². The molecule has 1 saturated carbocycles. The summed E-state index contributed by atoms with van der Waals surface area (Å²) in [6.45, 7) is 1.18. The van der Waals surface area contributed by atoms with Crippen molar-refractivity contribution in [2.75, 3.05) is 13.6 Å². The van der Waals surface area contributed by atoms with Crippen LogP contribution in [0.1, 0.15) is 25.7 Å². The third-order valence-corrected chi connectivity index (χ3v) is 3.21. The average molecular weight is 168 g/mol. The van der Waals surface area contributed by atoms with Gasteiger partial charge in [-0.2, -0.15) is 0 Å². The molecule has 3 aliphatic rings. The van der Waals surface area contributed by atoms with E-state index in [1.54, 1.807) is 0 Å². The zero-order chi connectivity index (χ0) is 8.55. The van der Waals surface area contributed by atoms with Crippen molar-refractivity contribution in [2.24, 2.45) is 11.1 Å². The Kier molecular flexibility index (Phi) is 2.05. The van der Waals surface area contributed by atoms with E-state index in [2.05, 4.69) is 17.1 Å². The number of oxime groups is 1. The first-order valence-corrected chi connectivity index (χ1v) is 4.69. The van der Waals surface area contributed by atoms with Gasteiger partial charge in [0.1, 0.15) is 0 Å². The zero-order valence-corrected chi connectivity index (χ0v) is 7.53. The lowest BCUT2D eigenvalue weighted by Crippen LogP contribution is -2.37. The molecule has 0 amide bonds. The van der Waals surface area contributed by atoms with Gasteiger partial charge in [-0.1, -0.05) is 5.16 Å². The molecule has 3 nitrogen and oxygen atoms in total. The second-order valence-corrected chi connectivity index (χ2v) is 4.11. The summed E-state index contributed by atoms with van der Waals surface area (Å²) in [7, 11) is 2.18. The smallest absolute Gasteiger partial charge is 0.0589 e. The van der Waals surface area contributed by atoms with Gasteiger partial charge in [-0.3, -0.25) is 0 Å². The van der Waals surface area contributed by atoms with Gasteiger partial charge < -0.3 is 10.1 Å². The summed E-state index contributed by atoms with van der Waals surface area (Å²) in [6.07, 6.45) is 4.58. The zero-order valence-electron chi connectivity index (χ0n) is 7.53. The molecule has 0 spiro atoms. The van der Waals surface area contributed by atoms with Gasteiger partial charge in [0.05, 0.1) is 5.71 Å². The van der Waals surface area contributed by atoms with Crippen LogP contribution in [0.5, 0.6) is 0 Å². The van der Waals surface area contributed by atoms with Gasteiger partial charge in [0.25, 0.3) is 0 Å². The second-order valence-electron chi connectivity index (χ2n) is 4.11. The molecule has 2 saturated heterocycles. The van der Waals surface area contributed by atoms with E-state index in [9.17, 15) is 0 Å². The fraction of sp³-hybridized carbons (Fsp3) is 0.889. The van der Waals surface area contributed by atoms with Gasteiger partial charge in [0.2, 0.25) is 0 Å². The van der Waals surface area contributed by atoms with Gasteiger partial charge in [-0.25, -0.2) is 0 Å². The minimum Gasteiger partial charge on any atom is -0.411 e. The van der Waals surface area contributed by atoms with Crippen LogP contribution in [-0.4, -0.2) is 35.5 Å². The fourth-order valence-corrected chi connectivity index (χ4v) is 2.49. The lowest BCUT2D eigenvalue weighted by Gasteiger charge is -2.32. The maximum absolute atomic E-state index is 8.74. The normalized spacial score (nSPS) is 40.2. The molecular formula is C9H16N2O. The van der Waals surface area contributed by atoms with E-state index in [0.717, 1.165) is 24.5 Å². The number of fused-ring (bicyclic) bond motifs is 4. The first kappa shape index (κ1) is 8.05. The Bertz CT molecular complexity index is 203. The second kappa shape index (κ2) is 3.05. The van der Waals surface area contributed by atoms with E-state index in [-0.39, 0.29) is 0 Å². The quantitative estimate of drug-likeness (QED) is 0.437. The number of rotatable bonds is 0. The topological polar surface area (TPSA) is 35.8 Å². The molecular weight excluding hydrogens is 152 g/mol. The van der Waals surface area contributed by atoms with Crippen LogP contribution in [0.3, 0.4) is 0 Å². The molecule has 68 valence electrons. The Hall–Kier alpha value is -0.570. The van der Waals surface area contributed by atoms with Gasteiger partial charge in [0.15, 0.2) is 0 Å². The predicted molar refractivity (Wildman–Crippen MR) is 47.6 cm³/mol. The molecule has 2 aliphatic heterocycles. The van der Waals surface area contributed by atoms with Crippen molar-refractivity contribution >= 4 is 5.71 Å². The minimum atomic E-state index is 0.634. The van der Waals surface area contributed by atoms with Crippen molar-refractivity contribution in [2.45, 2.75) is 31.7 Å². The summed E-state index contributed by atoms with van der Waals surface area (Å²) in [6, 6.07) is 0.634. The first-order valence-electron chi connectivity index (χ1n) is 4.69. The lowest BCUT2D eigenvalue weighted by molar-refractivity contribution is 0.158. The molecule has 1 N–H and O–H groups in total. The molecule has 0 aromatic heterocycles. The van der Waals surface area contributed by atoms with E-state index >= 15 is 0 Å². The molecule has 12 heavy (non-hydrogen) atoms. The Balaban J connectivity index is 2.16. The molecule has 2 heterocycles. The van der Waals surface area contributed by atoms with Crippen LogP contribution in [0.15, 0.2) is 5.16 Å². The summed E-state index contributed by atoms with van der Waals surface area (Å²) >= 11 is 0. The fourth-order valence-electron chi connectivity index (χ4n) is 2.49. The SMILES string of the molecule is CN1CC2CCC1C/C(=N\O)C2. The Morgan fingerprint density at radius 3 is 2.92 bits per heavy atom. The van der Waals surface area contributed by atoms with Crippen LogP contribution in [0, 0.1) is 5.92 Å². The lowest BCUT2D eigenvalue weighted by atomic mass is 9.95. The van der Waals surface area contributed by atoms with Crippen LogP contribution in [0.4, 0.5) is 0 Å². The summed E-state index contributed by atoms with van der Waals surface area (Å²) in [5.41, 5.74) is 1.01. The Morgan fingerprint density at radius 1 is 1.42 bits per heavy atom. The number of hydrogen-bond acceptors (Lipinski definition) is 3. The van der Waals surface area contributed by atoms with E-state index in [0.29, 0.717) is 6.04 Å². The number of hydrogen-bond donors (Lipinski definition) is 1. The molecule has 1 aliphatic carbocycles. The van der Waals surface area contributed by atoms with Crippen LogP contribution < -0.4 is 0 Å². The van der Waals surface area contributed by atoms with Gasteiger partial charge in [0, 0.05) is 19.0 Å². The van der Waals surface area contributed by atoms with Crippen LogP contribution in [0.25, 0.3) is 0 Å². The van der Waals surface area contributed by atoms with Crippen molar-refractivity contribution in [1.29, 1.82) is 0 Å². The highest BCUT2D eigenvalue weighted by Crippen LogP contribution is 2.30. The number of nitrogens with zero attached hydrogens (tertiary/aromatic N) is 2. The summed E-state index contributed by atoms with van der Waals surface area (Å²) in [5.74, 6) is 0.736. The van der Waals surface area contributed by atoms with Crippen LogP contribution in [-0.2, 0) is 0 Å². The molecule has 0 aromatic carbocycles. The summed E-state index contributed by atoms with van der Waals surface area (Å²) in [4.78, 5) is 2.41. The predicted octanol–water partition coefficient (Wildman–Crippen LogP) is 1.32. The molecule has 2 unspecified atom stereocenters. The Labute approximate surface area is 73.1 Å². The van der Waals surface area contributed by atoms with Crippen molar-refractivity contribution in [3.63, 3.8) is 0 Å². The molecule has 2 atom stereocenters. The van der Waals surface area contributed by atoms with E-state index in [4.69, 9.17) is 5.21 Å². The summed E-state index contributed by atoms with van der Waals surface area (Å²) in [5, 5.41) is 12.1. The number of piperidine rings is 1. The highest BCUT2D eigenvalue weighted by atomic mass is 16.4. The van der Waals surface area contributed by atoms with Crippen LogP contribution >= 0.6 is 0 Å². The van der Waals surface area contributed by atoms with Gasteiger partial charge >= 0.3 is 0 Å². The van der Waals surface area contributed by atoms with E-state index in [1.165, 1.54) is 19.4 Å². The van der Waals surface area contributed by atoms with Crippen molar-refractivity contribution in [3.05, 3.63) is 0 Å². The monoisotopic (exact) mass is 168 g/mol. The third kappa shape index (κ3) is 1.33. The first-order chi connectivity index (χ1) is 5.79. The van der Waals surface area contributed by atoms with Crippen molar-refractivity contribution in [1.82, 2.24) is 4.90 Å². The maximum Gasteiger partial charge on any atom is 0.0589 e. The van der Waals surface area contributed by atoms with E-state index in [1.807, 2.05) is 0 Å². The Morgan fingerprint density at radius 2 is 2.25 bits per heavy atom. The highest BCUT2D eigenvalue weighted by molar-refractivity contribution is 5.85. The molecule has 3 rings (SSSR count). The van der Waals surface area contributed by atoms with Crippen molar-refractivity contribution in [3.8, 4) is 0 Å².